The van der Waals surface area contributed by atoms with Crippen LogP contribution in [0.25, 0.3) is 110 Å². The smallest absolute Gasteiger partial charge is 0.143 e. The van der Waals surface area contributed by atoms with E-state index in [1.807, 2.05) is 24.3 Å². The number of anilines is 3. The molecule has 0 spiro atoms. The van der Waals surface area contributed by atoms with Crippen LogP contribution in [0, 0.1) is 0 Å². The van der Waals surface area contributed by atoms with Gasteiger partial charge in [0.25, 0.3) is 0 Å². The maximum atomic E-state index is 6.46. The number of fused-ring (bicyclic) bond motifs is 10. The quantitative estimate of drug-likeness (QED) is 0.157. The summed E-state index contributed by atoms with van der Waals surface area (Å²) in [7, 11) is 0. The van der Waals surface area contributed by atoms with Crippen LogP contribution in [0.3, 0.4) is 0 Å². The Balaban J connectivity index is 0.950. The molecule has 3 heteroatoms. The van der Waals surface area contributed by atoms with Crippen LogP contribution in [0.15, 0.2) is 233 Å². The van der Waals surface area contributed by atoms with Crippen molar-refractivity contribution in [2.45, 2.75) is 0 Å². The summed E-state index contributed by atoms with van der Waals surface area (Å²) in [6.45, 7) is 0. The lowest BCUT2D eigenvalue weighted by molar-refractivity contribution is 0.669. The number of nitrogens with zero attached hydrogens (tertiary/aromatic N) is 1. The predicted molar refractivity (Wildman–Crippen MR) is 265 cm³/mol. The highest BCUT2D eigenvalue weighted by Crippen LogP contribution is 2.45. The highest BCUT2D eigenvalue weighted by molar-refractivity contribution is 6.15. The molecule has 0 fully saturated rings. The van der Waals surface area contributed by atoms with Crippen LogP contribution >= 0.6 is 0 Å². The minimum absolute atomic E-state index is 0.897. The molecule has 0 atom stereocenters. The van der Waals surface area contributed by atoms with E-state index in [0.29, 0.717) is 0 Å². The molecule has 0 amide bonds. The molecule has 3 nitrogen and oxygen atoms in total. The van der Waals surface area contributed by atoms with Crippen molar-refractivity contribution in [1.82, 2.24) is 0 Å². The van der Waals surface area contributed by atoms with Crippen molar-refractivity contribution in [2.75, 3.05) is 4.90 Å². The van der Waals surface area contributed by atoms with Gasteiger partial charge in [0.1, 0.15) is 22.3 Å². The van der Waals surface area contributed by atoms with Crippen molar-refractivity contribution in [3.63, 3.8) is 0 Å². The van der Waals surface area contributed by atoms with Gasteiger partial charge in [-0.1, -0.05) is 158 Å². The van der Waals surface area contributed by atoms with Gasteiger partial charge in [0.2, 0.25) is 0 Å². The van der Waals surface area contributed by atoms with Gasteiger partial charge in [-0.3, -0.25) is 0 Å². The summed E-state index contributed by atoms with van der Waals surface area (Å²) in [6.07, 6.45) is 0. The highest BCUT2D eigenvalue weighted by Gasteiger charge is 2.20. The number of hydrogen-bond donors (Lipinski definition) is 0. The lowest BCUT2D eigenvalue weighted by Gasteiger charge is -2.28. The van der Waals surface area contributed by atoms with E-state index in [4.69, 9.17) is 8.83 Å². The first-order valence-corrected chi connectivity index (χ1v) is 21.5. The van der Waals surface area contributed by atoms with E-state index < -0.39 is 0 Å². The lowest BCUT2D eigenvalue weighted by atomic mass is 9.92. The number of benzene rings is 11. The van der Waals surface area contributed by atoms with Gasteiger partial charge in [-0.25, -0.2) is 0 Å². The molecule has 2 heterocycles. The fourth-order valence-corrected chi connectivity index (χ4v) is 9.82. The molecule has 2 aromatic heterocycles. The molecule has 13 aromatic rings. The Morgan fingerprint density at radius 3 is 1.52 bits per heavy atom. The van der Waals surface area contributed by atoms with E-state index in [1.165, 1.54) is 37.9 Å². The second-order valence-corrected chi connectivity index (χ2v) is 16.4. The molecule has 0 unspecified atom stereocenters. The monoisotopic (exact) mass is 803 g/mol. The van der Waals surface area contributed by atoms with Gasteiger partial charge in [0.15, 0.2) is 0 Å². The van der Waals surface area contributed by atoms with Gasteiger partial charge < -0.3 is 13.7 Å². The van der Waals surface area contributed by atoms with Gasteiger partial charge in [-0.2, -0.15) is 0 Å². The topological polar surface area (TPSA) is 29.5 Å². The Kier molecular flexibility index (Phi) is 7.91. The van der Waals surface area contributed by atoms with E-state index in [9.17, 15) is 0 Å². The summed E-state index contributed by atoms with van der Waals surface area (Å²) >= 11 is 0. The molecular formula is C60H37NO2. The fraction of sp³-hybridized carbons (Fsp3) is 0. The average molecular weight is 804 g/mol. The maximum Gasteiger partial charge on any atom is 0.143 e. The van der Waals surface area contributed by atoms with Crippen molar-refractivity contribution in [1.29, 1.82) is 0 Å². The first kappa shape index (κ1) is 35.4. The van der Waals surface area contributed by atoms with Crippen molar-refractivity contribution >= 4 is 93.3 Å². The molecule has 63 heavy (non-hydrogen) atoms. The number of para-hydroxylation sites is 3. The average Bonchev–Trinajstić information content (AvgIpc) is 3.93. The molecule has 11 aromatic carbocycles. The molecule has 294 valence electrons. The van der Waals surface area contributed by atoms with E-state index in [0.717, 1.165) is 88.8 Å². The van der Waals surface area contributed by atoms with Gasteiger partial charge in [0.05, 0.1) is 5.69 Å². The molecule has 13 rings (SSSR count). The third kappa shape index (κ3) is 5.75. The normalized spacial score (nSPS) is 11.8. The van der Waals surface area contributed by atoms with Crippen LogP contribution in [0.1, 0.15) is 0 Å². The van der Waals surface area contributed by atoms with Gasteiger partial charge in [-0.05, 0) is 121 Å². The minimum atomic E-state index is 0.897. The molecule has 0 saturated heterocycles. The molecule has 0 aliphatic heterocycles. The van der Waals surface area contributed by atoms with Crippen LogP contribution in [0.2, 0.25) is 0 Å². The van der Waals surface area contributed by atoms with Gasteiger partial charge in [0, 0.05) is 43.9 Å². The van der Waals surface area contributed by atoms with Crippen molar-refractivity contribution in [2.24, 2.45) is 0 Å². The van der Waals surface area contributed by atoms with E-state index >= 15 is 0 Å². The summed E-state index contributed by atoms with van der Waals surface area (Å²) in [5.74, 6) is 0. The second-order valence-electron chi connectivity index (χ2n) is 16.4. The fourth-order valence-electron chi connectivity index (χ4n) is 9.82. The Morgan fingerprint density at radius 1 is 0.270 bits per heavy atom. The molecular weight excluding hydrogens is 767 g/mol. The summed E-state index contributed by atoms with van der Waals surface area (Å²) in [6, 6.07) is 80.7. The molecule has 0 radical (unpaired) electrons. The Bertz CT molecular complexity index is 3910. The number of furan rings is 2. The molecule has 0 saturated carbocycles. The van der Waals surface area contributed by atoms with Crippen molar-refractivity contribution < 1.29 is 8.83 Å². The zero-order chi connectivity index (χ0) is 41.4. The lowest BCUT2D eigenvalue weighted by Crippen LogP contribution is -2.10. The van der Waals surface area contributed by atoms with Crippen LogP contribution in [-0.4, -0.2) is 0 Å². The van der Waals surface area contributed by atoms with Crippen LogP contribution < -0.4 is 4.90 Å². The van der Waals surface area contributed by atoms with Crippen molar-refractivity contribution in [3.8, 4) is 33.4 Å². The SMILES string of the molecule is c1ccc2c(-c3ccc(N(c4ccc(-c5cccc6c5oc5ccccc56)cc4)c4cc5ccccc5c5ccccc45)cc3)cc(-c3ccc4c(c3)oc3ccccc34)cc2c1. The Hall–Kier alpha value is -8.40. The first-order chi connectivity index (χ1) is 31.2. The van der Waals surface area contributed by atoms with Crippen molar-refractivity contribution in [3.05, 3.63) is 224 Å². The van der Waals surface area contributed by atoms with Crippen LogP contribution in [-0.2, 0) is 0 Å². The van der Waals surface area contributed by atoms with E-state index in [2.05, 4.69) is 205 Å². The molecule has 0 bridgehead atoms. The second kappa shape index (κ2) is 14.1. The maximum absolute atomic E-state index is 6.46. The predicted octanol–water partition coefficient (Wildman–Crippen LogP) is 17.4. The van der Waals surface area contributed by atoms with E-state index in [-0.39, 0.29) is 0 Å². The first-order valence-electron chi connectivity index (χ1n) is 21.5. The van der Waals surface area contributed by atoms with Crippen LogP contribution in [0.4, 0.5) is 17.1 Å². The summed E-state index contributed by atoms with van der Waals surface area (Å²) < 4.78 is 12.8. The third-order valence-corrected chi connectivity index (χ3v) is 12.8. The number of hydrogen-bond acceptors (Lipinski definition) is 3. The van der Waals surface area contributed by atoms with Gasteiger partial charge in [-0.15, -0.1) is 0 Å². The van der Waals surface area contributed by atoms with Gasteiger partial charge >= 0.3 is 0 Å². The largest absolute Gasteiger partial charge is 0.456 e. The zero-order valence-electron chi connectivity index (χ0n) is 34.1. The molecule has 0 N–H and O–H groups in total. The molecule has 0 aliphatic rings. The summed E-state index contributed by atoms with van der Waals surface area (Å²) in [4.78, 5) is 2.40. The standard InChI is InChI=1S/C60H37NO2/c1-4-15-47-41(12-1)34-43(40-28-33-53-51-18-7-9-22-57(51)62-59(53)37-40)35-55(47)39-26-31-45(32-27-39)61(56-36-42-13-2-3-14-46(42)49-16-5-6-17-50(49)56)44-29-24-38(25-30-44)48-20-11-21-54-52-19-8-10-23-58(52)63-60(48)54/h1-37H. The molecule has 0 aliphatic carbocycles. The summed E-state index contributed by atoms with van der Waals surface area (Å²) in [5.41, 5.74) is 13.7. The number of rotatable bonds is 6. The minimum Gasteiger partial charge on any atom is -0.456 e. The van der Waals surface area contributed by atoms with E-state index in [1.54, 1.807) is 0 Å². The summed E-state index contributed by atoms with van der Waals surface area (Å²) in [5, 5.41) is 11.8. The Labute approximate surface area is 363 Å². The Morgan fingerprint density at radius 2 is 0.794 bits per heavy atom. The van der Waals surface area contributed by atoms with Crippen LogP contribution in [0.5, 0.6) is 0 Å². The highest BCUT2D eigenvalue weighted by atomic mass is 16.3. The third-order valence-electron chi connectivity index (χ3n) is 12.8. The zero-order valence-corrected chi connectivity index (χ0v) is 34.1.